The van der Waals surface area contributed by atoms with E-state index in [1.54, 1.807) is 12.1 Å². The van der Waals surface area contributed by atoms with Crippen LogP contribution in [0.2, 0.25) is 0 Å². The van der Waals surface area contributed by atoms with E-state index in [2.05, 4.69) is 10.9 Å². The summed E-state index contributed by atoms with van der Waals surface area (Å²) in [5.74, 6) is -0.292. The molecule has 3 aromatic rings. The van der Waals surface area contributed by atoms with E-state index in [-0.39, 0.29) is 23.7 Å². The van der Waals surface area contributed by atoms with Gasteiger partial charge in [0.2, 0.25) is 5.91 Å². The van der Waals surface area contributed by atoms with Gasteiger partial charge in [-0.2, -0.15) is 0 Å². The molecule has 2 unspecified atom stereocenters. The first kappa shape index (κ1) is 17.0. The van der Waals surface area contributed by atoms with Crippen molar-refractivity contribution < 1.29 is 9.59 Å². The predicted octanol–water partition coefficient (Wildman–Crippen LogP) is 3.92. The summed E-state index contributed by atoms with van der Waals surface area (Å²) in [7, 11) is 0. The molecule has 2 N–H and O–H groups in total. The van der Waals surface area contributed by atoms with Crippen molar-refractivity contribution in [3.63, 3.8) is 0 Å². The molecule has 1 aliphatic rings. The Morgan fingerprint density at radius 1 is 0.704 bits per heavy atom. The number of carbonyl (C=O) groups is 2. The number of hydrogen-bond donors (Lipinski definition) is 2. The summed E-state index contributed by atoms with van der Waals surface area (Å²) in [5, 5.41) is 0. The minimum atomic E-state index is -0.320. The van der Waals surface area contributed by atoms with Crippen LogP contribution in [0.25, 0.3) is 11.1 Å². The molecule has 0 spiro atoms. The van der Waals surface area contributed by atoms with Gasteiger partial charge in [-0.05, 0) is 41.2 Å². The van der Waals surface area contributed by atoms with Crippen LogP contribution in [-0.2, 0) is 4.79 Å². The first-order valence-electron chi connectivity index (χ1n) is 9.03. The highest BCUT2D eigenvalue weighted by atomic mass is 16.2. The normalized spacial score (nSPS) is 17.8. The van der Waals surface area contributed by atoms with Crippen LogP contribution in [0.4, 0.5) is 0 Å². The molecule has 0 heterocycles. The van der Waals surface area contributed by atoms with Gasteiger partial charge < -0.3 is 0 Å². The Bertz CT molecular complexity index is 937. The minimum absolute atomic E-state index is 0.0758. The molecule has 3 aromatic carbocycles. The third-order valence-corrected chi connectivity index (χ3v) is 4.91. The van der Waals surface area contributed by atoms with E-state index in [0.29, 0.717) is 5.56 Å². The Kier molecular flexibility index (Phi) is 4.71. The number of hydrazine groups is 1. The second-order valence-corrected chi connectivity index (χ2v) is 6.75. The Labute approximate surface area is 158 Å². The van der Waals surface area contributed by atoms with Crippen LogP contribution in [0.15, 0.2) is 84.9 Å². The quantitative estimate of drug-likeness (QED) is 0.696. The van der Waals surface area contributed by atoms with Crippen LogP contribution in [-0.4, -0.2) is 11.8 Å². The van der Waals surface area contributed by atoms with Crippen molar-refractivity contribution in [2.75, 3.05) is 0 Å². The lowest BCUT2D eigenvalue weighted by molar-refractivity contribution is -0.123. The number of rotatable bonds is 4. The molecule has 4 rings (SSSR count). The molecule has 0 aliphatic heterocycles. The summed E-state index contributed by atoms with van der Waals surface area (Å²) in [6, 6.07) is 27.3. The van der Waals surface area contributed by atoms with E-state index in [1.807, 2.05) is 72.8 Å². The van der Waals surface area contributed by atoms with Crippen LogP contribution >= 0.6 is 0 Å². The second kappa shape index (κ2) is 7.46. The average Bonchev–Trinajstić information content (AvgIpc) is 3.54. The van der Waals surface area contributed by atoms with E-state index in [9.17, 15) is 9.59 Å². The maximum atomic E-state index is 12.3. The van der Waals surface area contributed by atoms with E-state index >= 15 is 0 Å². The molecule has 4 heteroatoms. The molecule has 134 valence electrons. The van der Waals surface area contributed by atoms with Gasteiger partial charge in [-0.25, -0.2) is 0 Å². The van der Waals surface area contributed by atoms with Crippen LogP contribution in [0.3, 0.4) is 0 Å². The fourth-order valence-corrected chi connectivity index (χ4v) is 3.28. The molecule has 1 aliphatic carbocycles. The van der Waals surface area contributed by atoms with Gasteiger partial charge in [0.05, 0.1) is 0 Å². The summed E-state index contributed by atoms with van der Waals surface area (Å²) in [4.78, 5) is 24.5. The lowest BCUT2D eigenvalue weighted by Gasteiger charge is -2.08. The molecular formula is C23H20N2O2. The number of benzene rings is 3. The summed E-state index contributed by atoms with van der Waals surface area (Å²) >= 11 is 0. The average molecular weight is 356 g/mol. The standard InChI is InChI=1S/C23H20N2O2/c26-22(19-13-11-17(12-14-19)16-7-3-1-4-8-16)24-25-23(27)21-15-20(21)18-9-5-2-6-10-18/h1-14,20-21H,15H2,(H,24,26)(H,25,27). The monoisotopic (exact) mass is 356 g/mol. The lowest BCUT2D eigenvalue weighted by Crippen LogP contribution is -2.42. The molecule has 0 radical (unpaired) electrons. The largest absolute Gasteiger partial charge is 0.273 e. The molecule has 2 amide bonds. The van der Waals surface area contributed by atoms with Gasteiger partial charge in [0.15, 0.2) is 0 Å². The first-order chi connectivity index (χ1) is 13.2. The van der Waals surface area contributed by atoms with Crippen molar-refractivity contribution in [3.05, 3.63) is 96.1 Å². The smallest absolute Gasteiger partial charge is 0.269 e. The Balaban J connectivity index is 1.31. The zero-order valence-electron chi connectivity index (χ0n) is 14.8. The maximum Gasteiger partial charge on any atom is 0.269 e. The summed E-state index contributed by atoms with van der Waals surface area (Å²) in [6.45, 7) is 0. The number of amides is 2. The highest BCUT2D eigenvalue weighted by molar-refractivity contribution is 5.96. The molecule has 1 fully saturated rings. The highest BCUT2D eigenvalue weighted by Gasteiger charge is 2.43. The van der Waals surface area contributed by atoms with Crippen molar-refractivity contribution in [3.8, 4) is 11.1 Å². The number of carbonyl (C=O) groups excluding carboxylic acids is 2. The minimum Gasteiger partial charge on any atom is -0.273 e. The van der Waals surface area contributed by atoms with Gasteiger partial charge in [-0.1, -0.05) is 72.8 Å². The van der Waals surface area contributed by atoms with Gasteiger partial charge in [-0.3, -0.25) is 20.4 Å². The topological polar surface area (TPSA) is 58.2 Å². The molecule has 0 bridgehead atoms. The second-order valence-electron chi connectivity index (χ2n) is 6.75. The predicted molar refractivity (Wildman–Crippen MR) is 105 cm³/mol. The van der Waals surface area contributed by atoms with E-state index < -0.39 is 0 Å². The van der Waals surface area contributed by atoms with E-state index in [4.69, 9.17) is 0 Å². The van der Waals surface area contributed by atoms with Gasteiger partial charge in [0, 0.05) is 11.5 Å². The third kappa shape index (κ3) is 3.90. The van der Waals surface area contributed by atoms with E-state index in [1.165, 1.54) is 5.56 Å². The van der Waals surface area contributed by atoms with Crippen LogP contribution < -0.4 is 10.9 Å². The van der Waals surface area contributed by atoms with Gasteiger partial charge >= 0.3 is 0 Å². The summed E-state index contributed by atoms with van der Waals surface area (Å²) in [6.07, 6.45) is 0.817. The van der Waals surface area contributed by atoms with Gasteiger partial charge in [0.25, 0.3) is 5.91 Å². The van der Waals surface area contributed by atoms with E-state index in [0.717, 1.165) is 17.5 Å². The molecule has 1 saturated carbocycles. The summed E-state index contributed by atoms with van der Waals surface area (Å²) < 4.78 is 0. The maximum absolute atomic E-state index is 12.3. The zero-order chi connectivity index (χ0) is 18.6. The van der Waals surface area contributed by atoms with Crippen LogP contribution in [0.1, 0.15) is 28.3 Å². The molecular weight excluding hydrogens is 336 g/mol. The zero-order valence-corrected chi connectivity index (χ0v) is 14.8. The van der Waals surface area contributed by atoms with Crippen LogP contribution in [0, 0.1) is 5.92 Å². The number of nitrogens with one attached hydrogen (secondary N) is 2. The van der Waals surface area contributed by atoms with Crippen molar-refractivity contribution in [1.29, 1.82) is 0 Å². The number of hydrogen-bond acceptors (Lipinski definition) is 2. The van der Waals surface area contributed by atoms with Crippen molar-refractivity contribution in [2.24, 2.45) is 5.92 Å². The molecule has 0 aromatic heterocycles. The Morgan fingerprint density at radius 3 is 1.96 bits per heavy atom. The summed E-state index contributed by atoms with van der Waals surface area (Å²) in [5.41, 5.74) is 8.87. The molecule has 4 nitrogen and oxygen atoms in total. The fraction of sp³-hybridized carbons (Fsp3) is 0.130. The van der Waals surface area contributed by atoms with Gasteiger partial charge in [0.1, 0.15) is 0 Å². The molecule has 27 heavy (non-hydrogen) atoms. The third-order valence-electron chi connectivity index (χ3n) is 4.91. The highest BCUT2D eigenvalue weighted by Crippen LogP contribution is 2.47. The SMILES string of the molecule is O=C(NNC(=O)C1CC1c1ccccc1)c1ccc(-c2ccccc2)cc1. The van der Waals surface area contributed by atoms with Gasteiger partial charge in [-0.15, -0.1) is 0 Å². The Hall–Kier alpha value is -3.40. The van der Waals surface area contributed by atoms with Crippen LogP contribution in [0.5, 0.6) is 0 Å². The fourth-order valence-electron chi connectivity index (χ4n) is 3.28. The lowest BCUT2D eigenvalue weighted by atomic mass is 10.0. The molecule has 2 atom stereocenters. The Morgan fingerprint density at radius 2 is 1.30 bits per heavy atom. The van der Waals surface area contributed by atoms with Crippen molar-refractivity contribution in [2.45, 2.75) is 12.3 Å². The van der Waals surface area contributed by atoms with Crippen molar-refractivity contribution in [1.82, 2.24) is 10.9 Å². The first-order valence-corrected chi connectivity index (χ1v) is 9.03. The molecule has 0 saturated heterocycles. The van der Waals surface area contributed by atoms with Crippen molar-refractivity contribution >= 4 is 11.8 Å².